The number of nitrogens with zero attached hydrogens (tertiary/aromatic N) is 1. The van der Waals surface area contributed by atoms with Gasteiger partial charge in [-0.25, -0.2) is 0 Å². The molecule has 1 amide bonds. The lowest BCUT2D eigenvalue weighted by Crippen LogP contribution is -2.41. The van der Waals surface area contributed by atoms with Crippen molar-refractivity contribution in [2.45, 2.75) is 25.3 Å². The Morgan fingerprint density at radius 3 is 2.89 bits per heavy atom. The van der Waals surface area contributed by atoms with Crippen molar-refractivity contribution in [3.8, 4) is 0 Å². The maximum Gasteiger partial charge on any atom is 0.237 e. The van der Waals surface area contributed by atoms with E-state index in [-0.39, 0.29) is 24.4 Å². The Balaban J connectivity index is 0.00000289. The molecule has 0 aliphatic carbocycles. The second-order valence-corrected chi connectivity index (χ2v) is 4.59. The van der Waals surface area contributed by atoms with Crippen LogP contribution in [0.4, 0.5) is 0 Å². The molecule has 5 nitrogen and oxygen atoms in total. The summed E-state index contributed by atoms with van der Waals surface area (Å²) in [6.45, 7) is 4.41. The average Bonchev–Trinajstić information content (AvgIpc) is 2.85. The van der Waals surface area contributed by atoms with Crippen LogP contribution in [-0.2, 0) is 9.53 Å². The van der Waals surface area contributed by atoms with Crippen LogP contribution in [-0.4, -0.2) is 63.8 Å². The van der Waals surface area contributed by atoms with E-state index in [1.807, 2.05) is 0 Å². The van der Waals surface area contributed by atoms with E-state index in [1.165, 1.54) is 0 Å². The minimum atomic E-state index is 0. The summed E-state index contributed by atoms with van der Waals surface area (Å²) in [4.78, 5) is 13.9. The summed E-state index contributed by atoms with van der Waals surface area (Å²) in [7, 11) is 3.78. The lowest BCUT2D eigenvalue weighted by molar-refractivity contribution is -0.122. The molecular formula is C12H26ClN3O2. The van der Waals surface area contributed by atoms with Gasteiger partial charge in [0.2, 0.25) is 5.91 Å². The van der Waals surface area contributed by atoms with Crippen LogP contribution >= 0.6 is 12.4 Å². The van der Waals surface area contributed by atoms with Crippen LogP contribution in [0.1, 0.15) is 19.3 Å². The fourth-order valence-electron chi connectivity index (χ4n) is 1.95. The highest BCUT2D eigenvalue weighted by Crippen LogP contribution is 2.04. The van der Waals surface area contributed by atoms with Gasteiger partial charge in [0.25, 0.3) is 0 Å². The molecule has 1 saturated heterocycles. The van der Waals surface area contributed by atoms with Gasteiger partial charge in [0, 0.05) is 20.2 Å². The lowest BCUT2D eigenvalue weighted by atomic mass is 10.2. The van der Waals surface area contributed by atoms with E-state index in [9.17, 15) is 4.79 Å². The van der Waals surface area contributed by atoms with Crippen LogP contribution in [0.15, 0.2) is 0 Å². The van der Waals surface area contributed by atoms with E-state index in [1.54, 1.807) is 7.11 Å². The van der Waals surface area contributed by atoms with Crippen molar-refractivity contribution in [3.05, 3.63) is 0 Å². The summed E-state index contributed by atoms with van der Waals surface area (Å²) in [6.07, 6.45) is 3.07. The second kappa shape index (κ2) is 10.6. The first-order valence-electron chi connectivity index (χ1n) is 6.42. The molecule has 0 aromatic carbocycles. The monoisotopic (exact) mass is 279 g/mol. The van der Waals surface area contributed by atoms with Gasteiger partial charge in [0.05, 0.1) is 12.6 Å². The topological polar surface area (TPSA) is 53.6 Å². The molecule has 1 atom stereocenters. The second-order valence-electron chi connectivity index (χ2n) is 4.59. The average molecular weight is 280 g/mol. The first-order chi connectivity index (χ1) is 8.24. The van der Waals surface area contributed by atoms with Crippen LogP contribution < -0.4 is 10.6 Å². The number of nitrogens with one attached hydrogen (secondary N) is 2. The van der Waals surface area contributed by atoms with Gasteiger partial charge in [-0.15, -0.1) is 12.4 Å². The number of ether oxygens (including phenoxy) is 1. The number of carbonyl (C=O) groups is 1. The van der Waals surface area contributed by atoms with E-state index in [4.69, 9.17) is 4.74 Å². The van der Waals surface area contributed by atoms with Crippen LogP contribution in [0.3, 0.4) is 0 Å². The standard InChI is InChI=1S/C12H25N3O2.ClH/c1-15(9-10-17-2)8-4-7-14-12(16)11-5-3-6-13-11;/h11,13H,3-10H2,1-2H3,(H,14,16);1H. The molecule has 1 fully saturated rings. The van der Waals surface area contributed by atoms with Gasteiger partial charge in [0.1, 0.15) is 0 Å². The van der Waals surface area contributed by atoms with Crippen LogP contribution in [0.25, 0.3) is 0 Å². The van der Waals surface area contributed by atoms with Crippen molar-refractivity contribution in [2.24, 2.45) is 0 Å². The predicted octanol–water partition coefficient (Wildman–Crippen LogP) is 0.245. The number of hydrogen-bond acceptors (Lipinski definition) is 4. The van der Waals surface area contributed by atoms with Crippen molar-refractivity contribution in [1.82, 2.24) is 15.5 Å². The number of likely N-dealkylation sites (N-methyl/N-ethyl adjacent to an activating group) is 1. The minimum absolute atomic E-state index is 0. The number of methoxy groups -OCH3 is 1. The smallest absolute Gasteiger partial charge is 0.237 e. The fourth-order valence-corrected chi connectivity index (χ4v) is 1.95. The molecule has 0 aromatic heterocycles. The highest BCUT2D eigenvalue weighted by molar-refractivity contribution is 5.85. The van der Waals surface area contributed by atoms with Crippen molar-refractivity contribution < 1.29 is 9.53 Å². The maximum absolute atomic E-state index is 11.7. The molecular weight excluding hydrogens is 254 g/mol. The van der Waals surface area contributed by atoms with E-state index < -0.39 is 0 Å². The van der Waals surface area contributed by atoms with E-state index in [0.29, 0.717) is 0 Å². The normalized spacial score (nSPS) is 18.7. The summed E-state index contributed by atoms with van der Waals surface area (Å²) < 4.78 is 5.00. The molecule has 1 aliphatic rings. The number of carbonyl (C=O) groups excluding carboxylic acids is 1. The first-order valence-corrected chi connectivity index (χ1v) is 6.42. The van der Waals surface area contributed by atoms with Gasteiger partial charge in [-0.2, -0.15) is 0 Å². The highest BCUT2D eigenvalue weighted by atomic mass is 35.5. The zero-order valence-electron chi connectivity index (χ0n) is 11.4. The Labute approximate surface area is 116 Å². The minimum Gasteiger partial charge on any atom is -0.383 e. The third-order valence-corrected chi connectivity index (χ3v) is 3.07. The molecule has 108 valence electrons. The Morgan fingerprint density at radius 1 is 1.50 bits per heavy atom. The third-order valence-electron chi connectivity index (χ3n) is 3.07. The first kappa shape index (κ1) is 17.6. The molecule has 0 spiro atoms. The quantitative estimate of drug-likeness (QED) is 0.625. The van der Waals surface area contributed by atoms with Crippen molar-refractivity contribution in [1.29, 1.82) is 0 Å². The fraction of sp³-hybridized carbons (Fsp3) is 0.917. The number of rotatable bonds is 8. The van der Waals surface area contributed by atoms with Crippen molar-refractivity contribution in [2.75, 3.05) is 46.9 Å². The lowest BCUT2D eigenvalue weighted by Gasteiger charge is -2.16. The summed E-state index contributed by atoms with van der Waals surface area (Å²) in [5.41, 5.74) is 0. The van der Waals surface area contributed by atoms with Crippen LogP contribution in [0.5, 0.6) is 0 Å². The molecule has 0 saturated carbocycles. The molecule has 1 unspecified atom stereocenters. The van der Waals surface area contributed by atoms with Crippen LogP contribution in [0, 0.1) is 0 Å². The summed E-state index contributed by atoms with van der Waals surface area (Å²) in [5, 5.41) is 6.17. The highest BCUT2D eigenvalue weighted by Gasteiger charge is 2.20. The number of hydrogen-bond donors (Lipinski definition) is 2. The molecule has 1 heterocycles. The van der Waals surface area contributed by atoms with Gasteiger partial charge in [-0.3, -0.25) is 4.79 Å². The third kappa shape index (κ3) is 7.16. The molecule has 18 heavy (non-hydrogen) atoms. The van der Waals surface area contributed by atoms with Gasteiger partial charge >= 0.3 is 0 Å². The molecule has 6 heteroatoms. The number of amides is 1. The van der Waals surface area contributed by atoms with Gasteiger partial charge < -0.3 is 20.3 Å². The molecule has 0 radical (unpaired) electrons. The summed E-state index contributed by atoms with van der Waals surface area (Å²) >= 11 is 0. The zero-order valence-corrected chi connectivity index (χ0v) is 12.2. The van der Waals surface area contributed by atoms with E-state index in [0.717, 1.165) is 52.0 Å². The van der Waals surface area contributed by atoms with E-state index in [2.05, 4.69) is 22.6 Å². The molecule has 0 bridgehead atoms. The van der Waals surface area contributed by atoms with E-state index >= 15 is 0 Å². The van der Waals surface area contributed by atoms with Crippen molar-refractivity contribution in [3.63, 3.8) is 0 Å². The maximum atomic E-state index is 11.7. The molecule has 0 aromatic rings. The SMILES string of the molecule is COCCN(C)CCCNC(=O)C1CCCN1.Cl. The van der Waals surface area contributed by atoms with Gasteiger partial charge in [0.15, 0.2) is 0 Å². The molecule has 1 aliphatic heterocycles. The van der Waals surface area contributed by atoms with Gasteiger partial charge in [-0.1, -0.05) is 0 Å². The predicted molar refractivity (Wildman–Crippen MR) is 75.3 cm³/mol. The zero-order chi connectivity index (χ0) is 12.5. The van der Waals surface area contributed by atoms with Gasteiger partial charge in [-0.05, 0) is 39.4 Å². The van der Waals surface area contributed by atoms with Crippen LogP contribution in [0.2, 0.25) is 0 Å². The Morgan fingerprint density at radius 2 is 2.28 bits per heavy atom. The Kier molecular flexibility index (Phi) is 10.3. The van der Waals surface area contributed by atoms with Crippen molar-refractivity contribution >= 4 is 18.3 Å². The molecule has 1 rings (SSSR count). The number of halogens is 1. The Bertz CT molecular complexity index is 223. The molecule has 2 N–H and O–H groups in total. The summed E-state index contributed by atoms with van der Waals surface area (Å²) in [6, 6.07) is 0.0428. The summed E-state index contributed by atoms with van der Waals surface area (Å²) in [5.74, 6) is 0.155. The Hall–Kier alpha value is -0.360. The largest absolute Gasteiger partial charge is 0.383 e.